The number of benzene rings is 1. The van der Waals surface area contributed by atoms with Crippen LogP contribution in [0, 0.1) is 13.8 Å². The topological polar surface area (TPSA) is 46.3 Å². The average Bonchev–Trinajstić information content (AvgIpc) is 2.57. The van der Waals surface area contributed by atoms with Gasteiger partial charge in [0.05, 0.1) is 0 Å². The first kappa shape index (κ1) is 8.81. The molecule has 0 aliphatic carbocycles. The van der Waals surface area contributed by atoms with E-state index in [0.29, 0.717) is 0 Å². The van der Waals surface area contributed by atoms with Crippen LogP contribution in [-0.2, 0) is 0 Å². The van der Waals surface area contributed by atoms with E-state index >= 15 is 0 Å². The van der Waals surface area contributed by atoms with E-state index in [1.54, 1.807) is 6.07 Å². The van der Waals surface area contributed by atoms with Gasteiger partial charge in [0, 0.05) is 5.56 Å². The third kappa shape index (κ3) is 1.37. The van der Waals surface area contributed by atoms with Gasteiger partial charge in [-0.15, -0.1) is 0 Å². The van der Waals surface area contributed by atoms with Crippen LogP contribution in [0.5, 0.6) is 5.75 Å². The number of aromatic hydroxyl groups is 1. The Morgan fingerprint density at radius 2 is 2.07 bits per heavy atom. The lowest BCUT2D eigenvalue weighted by Crippen LogP contribution is -1.82. The van der Waals surface area contributed by atoms with Crippen LogP contribution in [0.4, 0.5) is 0 Å². The summed E-state index contributed by atoms with van der Waals surface area (Å²) < 4.78 is 5.10. The van der Waals surface area contributed by atoms with E-state index in [9.17, 15) is 5.11 Å². The van der Waals surface area contributed by atoms with Crippen LogP contribution in [0.25, 0.3) is 11.3 Å². The van der Waals surface area contributed by atoms with Crippen molar-refractivity contribution in [2.24, 2.45) is 0 Å². The van der Waals surface area contributed by atoms with Crippen molar-refractivity contribution in [3.63, 3.8) is 0 Å². The molecule has 1 aromatic heterocycles. The zero-order valence-corrected chi connectivity index (χ0v) is 8.11. The van der Waals surface area contributed by atoms with E-state index in [4.69, 9.17) is 4.42 Å². The molecule has 0 amide bonds. The average molecular weight is 189 g/mol. The van der Waals surface area contributed by atoms with Crippen LogP contribution >= 0.6 is 0 Å². The Balaban J connectivity index is 2.53. The fourth-order valence-electron chi connectivity index (χ4n) is 1.34. The Labute approximate surface area is 82.0 Å². The molecular formula is C11H11NO2. The second-order valence-corrected chi connectivity index (χ2v) is 3.26. The summed E-state index contributed by atoms with van der Waals surface area (Å²) >= 11 is 0. The lowest BCUT2D eigenvalue weighted by Gasteiger charge is -2.01. The Bertz CT molecular complexity index is 460. The van der Waals surface area contributed by atoms with Crippen molar-refractivity contribution in [3.05, 3.63) is 35.9 Å². The summed E-state index contributed by atoms with van der Waals surface area (Å²) in [4.78, 5) is 4.08. The van der Waals surface area contributed by atoms with Gasteiger partial charge in [-0.1, -0.05) is 12.1 Å². The van der Waals surface area contributed by atoms with Crippen molar-refractivity contribution in [2.75, 3.05) is 0 Å². The molecule has 3 nitrogen and oxygen atoms in total. The van der Waals surface area contributed by atoms with Crippen molar-refractivity contribution >= 4 is 0 Å². The summed E-state index contributed by atoms with van der Waals surface area (Å²) in [5.74, 6) is 1.04. The zero-order valence-electron chi connectivity index (χ0n) is 8.11. The summed E-state index contributed by atoms with van der Waals surface area (Å²) in [5, 5.41) is 9.53. The van der Waals surface area contributed by atoms with Gasteiger partial charge in [-0.05, 0) is 25.5 Å². The molecule has 1 heterocycles. The minimum atomic E-state index is 0.282. The minimum Gasteiger partial charge on any atom is -0.508 e. The first-order valence-corrected chi connectivity index (χ1v) is 4.38. The first-order chi connectivity index (χ1) is 6.68. The van der Waals surface area contributed by atoms with Crippen LogP contribution in [0.15, 0.2) is 29.0 Å². The van der Waals surface area contributed by atoms with Gasteiger partial charge in [0.2, 0.25) is 0 Å². The molecular weight excluding hydrogens is 178 g/mol. The Morgan fingerprint density at radius 3 is 2.64 bits per heavy atom. The smallest absolute Gasteiger partial charge is 0.181 e. The second-order valence-electron chi connectivity index (χ2n) is 3.26. The summed E-state index contributed by atoms with van der Waals surface area (Å²) in [6.45, 7) is 3.70. The Hall–Kier alpha value is -1.77. The largest absolute Gasteiger partial charge is 0.508 e. The van der Waals surface area contributed by atoms with Crippen molar-refractivity contribution in [2.45, 2.75) is 13.8 Å². The highest BCUT2D eigenvalue weighted by Gasteiger charge is 2.07. The minimum absolute atomic E-state index is 0.282. The molecule has 0 aliphatic rings. The molecule has 3 heteroatoms. The van der Waals surface area contributed by atoms with Gasteiger partial charge in [0.15, 0.2) is 6.39 Å². The molecule has 72 valence electrons. The van der Waals surface area contributed by atoms with Gasteiger partial charge < -0.3 is 9.52 Å². The second kappa shape index (κ2) is 3.18. The van der Waals surface area contributed by atoms with Crippen LogP contribution in [0.2, 0.25) is 0 Å². The lowest BCUT2D eigenvalue weighted by molar-refractivity contribution is 0.471. The van der Waals surface area contributed by atoms with Gasteiger partial charge >= 0.3 is 0 Å². The van der Waals surface area contributed by atoms with Crippen LogP contribution in [-0.4, -0.2) is 10.1 Å². The molecule has 0 radical (unpaired) electrons. The number of rotatable bonds is 1. The van der Waals surface area contributed by atoms with E-state index in [0.717, 1.165) is 22.6 Å². The number of aryl methyl sites for hydroxylation is 2. The van der Waals surface area contributed by atoms with E-state index in [-0.39, 0.29) is 5.75 Å². The number of oxazole rings is 1. The van der Waals surface area contributed by atoms with Gasteiger partial charge in [0.25, 0.3) is 0 Å². The van der Waals surface area contributed by atoms with E-state index in [1.807, 2.05) is 26.0 Å². The third-order valence-corrected chi connectivity index (χ3v) is 2.23. The maximum Gasteiger partial charge on any atom is 0.181 e. The quantitative estimate of drug-likeness (QED) is 0.750. The van der Waals surface area contributed by atoms with Crippen molar-refractivity contribution < 1.29 is 9.52 Å². The summed E-state index contributed by atoms with van der Waals surface area (Å²) in [6.07, 6.45) is 1.40. The van der Waals surface area contributed by atoms with Crippen molar-refractivity contribution in [3.8, 4) is 17.0 Å². The molecule has 0 fully saturated rings. The Kier molecular flexibility index (Phi) is 2.00. The van der Waals surface area contributed by atoms with E-state index < -0.39 is 0 Å². The lowest BCUT2D eigenvalue weighted by atomic mass is 10.1. The fourth-order valence-corrected chi connectivity index (χ4v) is 1.34. The molecule has 1 aromatic carbocycles. The standard InChI is InChI=1S/C11H11NO2/c1-7-3-4-9(5-10(7)13)11-8(2)14-6-12-11/h3-6,13H,1-2H3. The summed E-state index contributed by atoms with van der Waals surface area (Å²) in [6, 6.07) is 5.47. The monoisotopic (exact) mass is 189 g/mol. The highest BCUT2D eigenvalue weighted by Crippen LogP contribution is 2.26. The third-order valence-electron chi connectivity index (χ3n) is 2.23. The van der Waals surface area contributed by atoms with Gasteiger partial charge in [-0.2, -0.15) is 0 Å². The van der Waals surface area contributed by atoms with Gasteiger partial charge in [0.1, 0.15) is 17.2 Å². The van der Waals surface area contributed by atoms with Crippen LogP contribution in [0.3, 0.4) is 0 Å². The predicted octanol–water partition coefficient (Wildman–Crippen LogP) is 2.66. The van der Waals surface area contributed by atoms with Crippen LogP contribution in [0.1, 0.15) is 11.3 Å². The fraction of sp³-hybridized carbons (Fsp3) is 0.182. The highest BCUT2D eigenvalue weighted by molar-refractivity contribution is 5.63. The summed E-state index contributed by atoms with van der Waals surface area (Å²) in [7, 11) is 0. The molecule has 1 N–H and O–H groups in total. The summed E-state index contributed by atoms with van der Waals surface area (Å²) in [5.41, 5.74) is 2.51. The van der Waals surface area contributed by atoms with E-state index in [1.165, 1.54) is 6.39 Å². The molecule has 0 atom stereocenters. The molecule has 2 rings (SSSR count). The van der Waals surface area contributed by atoms with Crippen LogP contribution < -0.4 is 0 Å². The molecule has 0 saturated heterocycles. The Morgan fingerprint density at radius 1 is 1.29 bits per heavy atom. The van der Waals surface area contributed by atoms with Crippen molar-refractivity contribution in [1.29, 1.82) is 0 Å². The zero-order chi connectivity index (χ0) is 10.1. The molecule has 2 aromatic rings. The SMILES string of the molecule is Cc1ccc(-c2ncoc2C)cc1O. The highest BCUT2D eigenvalue weighted by atomic mass is 16.3. The van der Waals surface area contributed by atoms with Crippen molar-refractivity contribution in [1.82, 2.24) is 4.98 Å². The maximum atomic E-state index is 9.53. The molecule has 0 saturated carbocycles. The number of phenols is 1. The number of hydrogen-bond donors (Lipinski definition) is 1. The number of aromatic nitrogens is 1. The normalized spacial score (nSPS) is 10.4. The molecule has 14 heavy (non-hydrogen) atoms. The number of nitrogens with zero attached hydrogens (tertiary/aromatic N) is 1. The maximum absolute atomic E-state index is 9.53. The van der Waals surface area contributed by atoms with E-state index in [2.05, 4.69) is 4.98 Å². The first-order valence-electron chi connectivity index (χ1n) is 4.38. The predicted molar refractivity (Wildman–Crippen MR) is 53.1 cm³/mol. The number of phenolic OH excluding ortho intramolecular Hbond substituents is 1. The molecule has 0 bridgehead atoms. The molecule has 0 aliphatic heterocycles. The van der Waals surface area contributed by atoms with Gasteiger partial charge in [-0.25, -0.2) is 4.98 Å². The van der Waals surface area contributed by atoms with Gasteiger partial charge in [-0.3, -0.25) is 0 Å². The molecule has 0 spiro atoms. The molecule has 0 unspecified atom stereocenters. The number of hydrogen-bond acceptors (Lipinski definition) is 3.